The Hall–Kier alpha value is -2.06. The van der Waals surface area contributed by atoms with E-state index in [1.807, 2.05) is 31.2 Å². The van der Waals surface area contributed by atoms with Crippen molar-refractivity contribution in [1.82, 2.24) is 20.2 Å². The number of aromatic amines is 1. The molecule has 6 nitrogen and oxygen atoms in total. The summed E-state index contributed by atoms with van der Waals surface area (Å²) in [6.07, 6.45) is 0. The number of aromatic nitrogens is 4. The molecular weight excluding hydrogens is 318 g/mol. The maximum atomic E-state index is 5.50. The van der Waals surface area contributed by atoms with E-state index in [0.29, 0.717) is 23.5 Å². The third kappa shape index (κ3) is 3.58. The average Bonchev–Trinajstić information content (AvgIpc) is 3.15. The minimum atomic E-state index is 0.329. The molecule has 22 heavy (non-hydrogen) atoms. The monoisotopic (exact) mass is 333 g/mol. The molecule has 0 amide bonds. The predicted molar refractivity (Wildman–Crippen MR) is 89.1 cm³/mol. The van der Waals surface area contributed by atoms with Crippen LogP contribution in [-0.2, 0) is 5.75 Å². The molecule has 0 fully saturated rings. The molecule has 0 saturated carbocycles. The van der Waals surface area contributed by atoms with Gasteiger partial charge in [-0.15, -0.1) is 16.4 Å². The zero-order valence-corrected chi connectivity index (χ0v) is 13.6. The molecule has 0 aliphatic carbocycles. The molecule has 114 valence electrons. The highest BCUT2D eigenvalue weighted by Crippen LogP contribution is 2.28. The maximum Gasteiger partial charge on any atom is 0.216 e. The highest BCUT2D eigenvalue weighted by atomic mass is 32.2. The number of ether oxygens (including phenoxy) is 1. The van der Waals surface area contributed by atoms with Crippen LogP contribution >= 0.6 is 23.1 Å². The molecule has 0 atom stereocenters. The Morgan fingerprint density at radius 2 is 2.09 bits per heavy atom. The highest BCUT2D eigenvalue weighted by molar-refractivity contribution is 7.98. The summed E-state index contributed by atoms with van der Waals surface area (Å²) in [5, 5.41) is 10.3. The van der Waals surface area contributed by atoms with Crippen LogP contribution in [0.15, 0.2) is 34.8 Å². The van der Waals surface area contributed by atoms with Gasteiger partial charge in [-0.05, 0) is 31.2 Å². The van der Waals surface area contributed by atoms with Crippen molar-refractivity contribution in [3.05, 3.63) is 35.3 Å². The van der Waals surface area contributed by atoms with E-state index in [1.54, 1.807) is 11.3 Å². The number of nitrogens with two attached hydrogens (primary N) is 1. The van der Waals surface area contributed by atoms with Gasteiger partial charge in [-0.1, -0.05) is 11.8 Å². The number of thiazole rings is 1. The number of rotatable bonds is 6. The second kappa shape index (κ2) is 6.80. The lowest BCUT2D eigenvalue weighted by atomic mass is 10.2. The van der Waals surface area contributed by atoms with E-state index in [-0.39, 0.29) is 0 Å². The molecular formula is C14H15N5OS2. The zero-order valence-electron chi connectivity index (χ0n) is 11.9. The number of nitrogens with zero attached hydrogens (tertiary/aromatic N) is 3. The van der Waals surface area contributed by atoms with Crippen molar-refractivity contribution in [2.75, 3.05) is 12.3 Å². The first-order valence-electron chi connectivity index (χ1n) is 6.73. The molecule has 1 aromatic carbocycles. The van der Waals surface area contributed by atoms with E-state index in [1.165, 1.54) is 11.8 Å². The lowest BCUT2D eigenvalue weighted by Gasteiger charge is -2.02. The smallest absolute Gasteiger partial charge is 0.216 e. The lowest BCUT2D eigenvalue weighted by molar-refractivity contribution is 0.340. The Balaban J connectivity index is 1.65. The van der Waals surface area contributed by atoms with E-state index in [4.69, 9.17) is 10.5 Å². The minimum Gasteiger partial charge on any atom is -0.494 e. The molecule has 0 aliphatic rings. The van der Waals surface area contributed by atoms with Gasteiger partial charge in [-0.25, -0.2) is 10.1 Å². The van der Waals surface area contributed by atoms with Crippen LogP contribution in [0.4, 0.5) is 5.95 Å². The van der Waals surface area contributed by atoms with Gasteiger partial charge in [0.2, 0.25) is 11.1 Å². The number of thioether (sulfide) groups is 1. The van der Waals surface area contributed by atoms with Gasteiger partial charge in [-0.2, -0.15) is 4.98 Å². The Labute approximate surface area is 136 Å². The van der Waals surface area contributed by atoms with Crippen molar-refractivity contribution >= 4 is 29.0 Å². The van der Waals surface area contributed by atoms with Gasteiger partial charge in [0.1, 0.15) is 10.8 Å². The molecule has 0 saturated heterocycles. The van der Waals surface area contributed by atoms with Gasteiger partial charge >= 0.3 is 0 Å². The molecule has 8 heteroatoms. The average molecular weight is 333 g/mol. The lowest BCUT2D eigenvalue weighted by Crippen LogP contribution is -1.90. The highest BCUT2D eigenvalue weighted by Gasteiger charge is 2.07. The number of anilines is 1. The number of hydrogen-bond donors (Lipinski definition) is 2. The molecule has 3 rings (SSSR count). The van der Waals surface area contributed by atoms with Crippen LogP contribution in [0.5, 0.6) is 5.75 Å². The summed E-state index contributed by atoms with van der Waals surface area (Å²) in [7, 11) is 0. The van der Waals surface area contributed by atoms with Crippen molar-refractivity contribution < 1.29 is 4.74 Å². The first kappa shape index (κ1) is 14.9. The van der Waals surface area contributed by atoms with Gasteiger partial charge in [-0.3, -0.25) is 0 Å². The van der Waals surface area contributed by atoms with Gasteiger partial charge < -0.3 is 10.5 Å². The van der Waals surface area contributed by atoms with Crippen LogP contribution in [0.1, 0.15) is 12.6 Å². The molecule has 0 spiro atoms. The molecule has 0 aliphatic heterocycles. The van der Waals surface area contributed by atoms with Crippen molar-refractivity contribution in [3.63, 3.8) is 0 Å². The standard InChI is InChI=1S/C14H15N5OS2/c1-2-20-11-5-3-9(4-6-11)12-16-10(7-21-12)8-22-14-17-13(15)18-19-14/h3-7H,2,8H2,1H3,(H3,15,17,18,19). The number of hydrogen-bond acceptors (Lipinski definition) is 7. The van der Waals surface area contributed by atoms with Crippen molar-refractivity contribution in [1.29, 1.82) is 0 Å². The van der Waals surface area contributed by atoms with Crippen molar-refractivity contribution in [2.45, 2.75) is 17.8 Å². The van der Waals surface area contributed by atoms with Crippen LogP contribution < -0.4 is 10.5 Å². The first-order chi connectivity index (χ1) is 10.7. The number of H-pyrrole nitrogens is 1. The topological polar surface area (TPSA) is 89.7 Å². The third-order valence-corrected chi connectivity index (χ3v) is 4.62. The fourth-order valence-electron chi connectivity index (χ4n) is 1.83. The van der Waals surface area contributed by atoms with E-state index in [2.05, 4.69) is 25.5 Å². The van der Waals surface area contributed by atoms with Gasteiger partial charge in [0.05, 0.1) is 12.3 Å². The quantitative estimate of drug-likeness (QED) is 0.673. The van der Waals surface area contributed by atoms with Crippen LogP contribution in [-0.4, -0.2) is 26.8 Å². The number of nitrogens with one attached hydrogen (secondary N) is 1. The fraction of sp³-hybridized carbons (Fsp3) is 0.214. The molecule has 0 bridgehead atoms. The second-order valence-corrected chi connectivity index (χ2v) is 6.19. The largest absolute Gasteiger partial charge is 0.494 e. The zero-order chi connectivity index (χ0) is 15.4. The molecule has 0 radical (unpaired) electrons. The summed E-state index contributed by atoms with van der Waals surface area (Å²) in [5.74, 6) is 1.92. The number of nitrogen functional groups attached to an aromatic ring is 1. The number of benzene rings is 1. The van der Waals surface area contributed by atoms with Gasteiger partial charge in [0.15, 0.2) is 0 Å². The fourth-order valence-corrected chi connectivity index (χ4v) is 3.46. The van der Waals surface area contributed by atoms with Gasteiger partial charge in [0.25, 0.3) is 0 Å². The first-order valence-corrected chi connectivity index (χ1v) is 8.59. The second-order valence-electron chi connectivity index (χ2n) is 4.39. The summed E-state index contributed by atoms with van der Waals surface area (Å²) in [6.45, 7) is 2.64. The Kier molecular flexibility index (Phi) is 4.59. The maximum absolute atomic E-state index is 5.50. The van der Waals surface area contributed by atoms with E-state index in [9.17, 15) is 0 Å². The molecule has 3 N–H and O–H groups in total. The van der Waals surface area contributed by atoms with Crippen molar-refractivity contribution in [3.8, 4) is 16.3 Å². The van der Waals surface area contributed by atoms with E-state index >= 15 is 0 Å². The molecule has 2 heterocycles. The Morgan fingerprint density at radius 1 is 1.27 bits per heavy atom. The van der Waals surface area contributed by atoms with Crippen LogP contribution in [0.2, 0.25) is 0 Å². The Morgan fingerprint density at radius 3 is 2.77 bits per heavy atom. The Bertz CT molecular complexity index is 738. The summed E-state index contributed by atoms with van der Waals surface area (Å²) >= 11 is 3.13. The summed E-state index contributed by atoms with van der Waals surface area (Å²) < 4.78 is 5.44. The molecule has 0 unspecified atom stereocenters. The van der Waals surface area contributed by atoms with E-state index in [0.717, 1.165) is 22.0 Å². The predicted octanol–water partition coefficient (Wildman–Crippen LogP) is 3.20. The van der Waals surface area contributed by atoms with E-state index < -0.39 is 0 Å². The summed E-state index contributed by atoms with van der Waals surface area (Å²) in [6, 6.07) is 7.98. The third-order valence-electron chi connectivity index (χ3n) is 2.80. The van der Waals surface area contributed by atoms with Crippen LogP contribution in [0.3, 0.4) is 0 Å². The molecule has 3 aromatic rings. The van der Waals surface area contributed by atoms with Gasteiger partial charge in [0, 0.05) is 16.7 Å². The SMILES string of the molecule is CCOc1ccc(-c2nc(CSc3n[nH]c(N)n3)cs2)cc1. The van der Waals surface area contributed by atoms with Crippen LogP contribution in [0, 0.1) is 0 Å². The molecule has 2 aromatic heterocycles. The van der Waals surface area contributed by atoms with Crippen molar-refractivity contribution in [2.24, 2.45) is 0 Å². The normalized spacial score (nSPS) is 10.8. The summed E-state index contributed by atoms with van der Waals surface area (Å²) in [4.78, 5) is 8.69. The minimum absolute atomic E-state index is 0.329. The summed E-state index contributed by atoms with van der Waals surface area (Å²) in [5.41, 5.74) is 7.59. The van der Waals surface area contributed by atoms with Crippen LogP contribution in [0.25, 0.3) is 10.6 Å².